The van der Waals surface area contributed by atoms with Gasteiger partial charge in [-0.15, -0.1) is 0 Å². The van der Waals surface area contributed by atoms with Crippen LogP contribution in [-0.2, 0) is 57.2 Å². The zero-order chi connectivity index (χ0) is 25.5. The molecular formula is C20H29NO12. The summed E-state index contributed by atoms with van der Waals surface area (Å²) < 4.78 is 31.3. The average molecular weight is 475 g/mol. The van der Waals surface area contributed by atoms with Gasteiger partial charge in [0, 0.05) is 34.6 Å². The van der Waals surface area contributed by atoms with Gasteiger partial charge in [0.15, 0.2) is 17.8 Å². The van der Waals surface area contributed by atoms with Crippen molar-refractivity contribution in [2.24, 2.45) is 0 Å². The number of hydrogen-bond donors (Lipinski definition) is 1. The predicted molar refractivity (Wildman–Crippen MR) is 106 cm³/mol. The van der Waals surface area contributed by atoms with Crippen LogP contribution in [0.1, 0.15) is 48.5 Å². The molecule has 0 aromatic carbocycles. The number of carbonyl (C=O) groups excluding carboxylic acids is 6. The molecule has 1 aliphatic rings. The molecule has 1 heterocycles. The summed E-state index contributed by atoms with van der Waals surface area (Å²) in [6.07, 6.45) is -5.56. The number of ether oxygens (including phenoxy) is 6. The summed E-state index contributed by atoms with van der Waals surface area (Å²) >= 11 is 0. The van der Waals surface area contributed by atoms with Gasteiger partial charge in [0.2, 0.25) is 6.29 Å². The molecule has 13 heteroatoms. The SMILES string of the molecule is CC(=O)OC[C@H]1O[C@@H](OC(C)=O)[C@H](NC(=O)C(C)(C)OC(C)=O)[C@@H](OC(C)=O)[C@@H]1OC(C)=O. The second-order valence-corrected chi connectivity index (χ2v) is 7.71. The molecule has 13 nitrogen and oxygen atoms in total. The number of hydrogen-bond acceptors (Lipinski definition) is 12. The molecule has 0 aliphatic carbocycles. The lowest BCUT2D eigenvalue weighted by atomic mass is 9.95. The Morgan fingerprint density at radius 1 is 0.758 bits per heavy atom. The van der Waals surface area contributed by atoms with Crippen molar-refractivity contribution in [3.05, 3.63) is 0 Å². The Morgan fingerprint density at radius 3 is 1.73 bits per heavy atom. The summed E-state index contributed by atoms with van der Waals surface area (Å²) in [6, 6.07) is -1.39. The van der Waals surface area contributed by atoms with Gasteiger partial charge in [-0.05, 0) is 13.8 Å². The molecule has 0 aromatic heterocycles. The largest absolute Gasteiger partial charge is 0.463 e. The van der Waals surface area contributed by atoms with Gasteiger partial charge in [0.25, 0.3) is 5.91 Å². The minimum atomic E-state index is -1.67. The Kier molecular flexibility index (Phi) is 9.77. The van der Waals surface area contributed by atoms with E-state index in [1.807, 2.05) is 0 Å². The molecule has 1 fully saturated rings. The van der Waals surface area contributed by atoms with Crippen LogP contribution in [-0.4, -0.2) is 78.6 Å². The molecule has 186 valence electrons. The van der Waals surface area contributed by atoms with E-state index in [0.29, 0.717) is 0 Å². The first-order chi connectivity index (χ1) is 15.1. The molecule has 0 saturated carbocycles. The highest BCUT2D eigenvalue weighted by atomic mass is 16.7. The van der Waals surface area contributed by atoms with Gasteiger partial charge in [-0.3, -0.25) is 28.8 Å². The van der Waals surface area contributed by atoms with Crippen LogP contribution < -0.4 is 5.32 Å². The number of carbonyl (C=O) groups is 6. The van der Waals surface area contributed by atoms with Crippen molar-refractivity contribution in [2.45, 2.75) is 84.7 Å². The zero-order valence-electron chi connectivity index (χ0n) is 19.5. The van der Waals surface area contributed by atoms with Gasteiger partial charge in [-0.2, -0.15) is 0 Å². The highest BCUT2D eigenvalue weighted by molar-refractivity contribution is 5.87. The maximum Gasteiger partial charge on any atom is 0.305 e. The normalized spacial score (nSPS) is 24.6. The van der Waals surface area contributed by atoms with Crippen molar-refractivity contribution in [3.63, 3.8) is 0 Å². The lowest BCUT2D eigenvalue weighted by Crippen LogP contribution is -2.68. The molecule has 0 unspecified atom stereocenters. The summed E-state index contributed by atoms with van der Waals surface area (Å²) in [5.41, 5.74) is -1.67. The lowest BCUT2D eigenvalue weighted by Gasteiger charge is -2.45. The molecule has 0 spiro atoms. The van der Waals surface area contributed by atoms with Gasteiger partial charge < -0.3 is 33.7 Å². The Balaban J connectivity index is 3.42. The van der Waals surface area contributed by atoms with Crippen LogP contribution in [0.15, 0.2) is 0 Å². The van der Waals surface area contributed by atoms with E-state index in [1.54, 1.807) is 0 Å². The van der Waals surface area contributed by atoms with Crippen LogP contribution in [0.2, 0.25) is 0 Å². The molecular weight excluding hydrogens is 446 g/mol. The van der Waals surface area contributed by atoms with E-state index in [1.165, 1.54) is 13.8 Å². The molecule has 1 saturated heterocycles. The van der Waals surface area contributed by atoms with Crippen LogP contribution in [0, 0.1) is 0 Å². The molecule has 1 amide bonds. The van der Waals surface area contributed by atoms with Gasteiger partial charge >= 0.3 is 29.8 Å². The van der Waals surface area contributed by atoms with E-state index >= 15 is 0 Å². The van der Waals surface area contributed by atoms with Gasteiger partial charge in [0.1, 0.15) is 18.8 Å². The van der Waals surface area contributed by atoms with Crippen molar-refractivity contribution >= 4 is 35.8 Å². The third-order valence-electron chi connectivity index (χ3n) is 4.23. The Bertz CT molecular complexity index is 792. The van der Waals surface area contributed by atoms with Gasteiger partial charge in [-0.25, -0.2) is 0 Å². The van der Waals surface area contributed by atoms with Crippen molar-refractivity contribution in [2.75, 3.05) is 6.61 Å². The van der Waals surface area contributed by atoms with E-state index in [9.17, 15) is 28.8 Å². The molecule has 0 bridgehead atoms. The third kappa shape index (κ3) is 8.67. The fourth-order valence-corrected chi connectivity index (χ4v) is 3.05. The highest BCUT2D eigenvalue weighted by Gasteiger charge is 2.53. The van der Waals surface area contributed by atoms with E-state index in [2.05, 4.69) is 5.32 Å². The first-order valence-electron chi connectivity index (χ1n) is 9.95. The summed E-state index contributed by atoms with van der Waals surface area (Å²) in [7, 11) is 0. The summed E-state index contributed by atoms with van der Waals surface area (Å²) in [4.78, 5) is 70.8. The Hall–Kier alpha value is -3.22. The molecule has 1 rings (SSSR count). The minimum absolute atomic E-state index is 0.442. The molecule has 1 N–H and O–H groups in total. The number of amides is 1. The summed E-state index contributed by atoms with van der Waals surface area (Å²) in [5, 5.41) is 2.47. The molecule has 33 heavy (non-hydrogen) atoms. The summed E-state index contributed by atoms with van der Waals surface area (Å²) in [5.74, 6) is -4.66. The average Bonchev–Trinajstić information content (AvgIpc) is 2.62. The Morgan fingerprint density at radius 2 is 1.27 bits per heavy atom. The quantitative estimate of drug-likeness (QED) is 0.354. The van der Waals surface area contributed by atoms with Crippen molar-refractivity contribution in [1.82, 2.24) is 5.32 Å². The van der Waals surface area contributed by atoms with Gasteiger partial charge in [0.05, 0.1) is 0 Å². The van der Waals surface area contributed by atoms with Crippen LogP contribution >= 0.6 is 0 Å². The summed E-state index contributed by atoms with van der Waals surface area (Å²) in [6.45, 7) is 7.65. The smallest absolute Gasteiger partial charge is 0.305 e. The Labute approximate surface area is 190 Å². The zero-order valence-corrected chi connectivity index (χ0v) is 19.5. The molecule has 0 radical (unpaired) electrons. The van der Waals surface area contributed by atoms with Crippen molar-refractivity contribution < 1.29 is 57.2 Å². The second kappa shape index (κ2) is 11.6. The third-order valence-corrected chi connectivity index (χ3v) is 4.23. The molecule has 0 aromatic rings. The van der Waals surface area contributed by atoms with Crippen LogP contribution in [0.25, 0.3) is 0 Å². The minimum Gasteiger partial charge on any atom is -0.463 e. The topological polar surface area (TPSA) is 170 Å². The van der Waals surface area contributed by atoms with Crippen LogP contribution in [0.3, 0.4) is 0 Å². The fourth-order valence-electron chi connectivity index (χ4n) is 3.05. The van der Waals surface area contributed by atoms with E-state index in [0.717, 1.165) is 34.6 Å². The maximum atomic E-state index is 12.9. The second-order valence-electron chi connectivity index (χ2n) is 7.71. The van der Waals surface area contributed by atoms with E-state index in [-0.39, 0.29) is 0 Å². The number of rotatable bonds is 8. The number of nitrogens with one attached hydrogen (secondary N) is 1. The van der Waals surface area contributed by atoms with Crippen molar-refractivity contribution in [1.29, 1.82) is 0 Å². The maximum absolute atomic E-state index is 12.9. The first kappa shape index (κ1) is 27.8. The van der Waals surface area contributed by atoms with Gasteiger partial charge in [-0.1, -0.05) is 0 Å². The monoisotopic (exact) mass is 475 g/mol. The fraction of sp³-hybridized carbons (Fsp3) is 0.700. The molecule has 5 atom stereocenters. The highest BCUT2D eigenvalue weighted by Crippen LogP contribution is 2.28. The van der Waals surface area contributed by atoms with Crippen LogP contribution in [0.4, 0.5) is 0 Å². The van der Waals surface area contributed by atoms with Crippen LogP contribution in [0.5, 0.6) is 0 Å². The lowest BCUT2D eigenvalue weighted by molar-refractivity contribution is -0.271. The molecule has 1 aliphatic heterocycles. The standard InChI is InChI=1S/C20H29NO12/c1-9(22)28-8-14-16(29-10(2)23)17(30-11(3)24)15(18(32-14)31-12(4)25)21-19(27)20(6,7)33-13(5)26/h14-18H,8H2,1-7H3,(H,21,27)/t14-,15-,16-,17-,18-/m1/s1. The van der Waals surface area contributed by atoms with E-state index in [4.69, 9.17) is 28.4 Å². The van der Waals surface area contributed by atoms with E-state index < -0.39 is 78.6 Å². The van der Waals surface area contributed by atoms with Crippen molar-refractivity contribution in [3.8, 4) is 0 Å². The predicted octanol–water partition coefficient (Wildman–Crippen LogP) is -0.473. The first-order valence-corrected chi connectivity index (χ1v) is 9.95. The number of esters is 5.